The zero-order valence-electron chi connectivity index (χ0n) is 8.64. The molecule has 0 fully saturated rings. The highest BCUT2D eigenvalue weighted by Gasteiger charge is 2.09. The number of rotatable bonds is 3. The Morgan fingerprint density at radius 2 is 2.38 bits per heavy atom. The fourth-order valence-corrected chi connectivity index (χ4v) is 2.34. The Labute approximate surface area is 106 Å². The largest absolute Gasteiger partial charge is 0.368 e. The molecule has 84 valence electrons. The van der Waals surface area contributed by atoms with Crippen LogP contribution >= 0.6 is 27.3 Å². The summed E-state index contributed by atoms with van der Waals surface area (Å²) >= 11 is 5.09. The number of nitrogen functional groups attached to an aromatic ring is 1. The van der Waals surface area contributed by atoms with E-state index in [2.05, 4.69) is 49.6 Å². The molecule has 16 heavy (non-hydrogen) atoms. The van der Waals surface area contributed by atoms with E-state index >= 15 is 0 Å². The average molecular weight is 299 g/mol. The van der Waals surface area contributed by atoms with Crippen LogP contribution in [0, 0.1) is 0 Å². The van der Waals surface area contributed by atoms with Crippen LogP contribution in [0.15, 0.2) is 28.2 Å². The lowest BCUT2D eigenvalue weighted by Crippen LogP contribution is -2.08. The molecular formula is C10H11BrN4S. The van der Waals surface area contributed by atoms with Crippen LogP contribution in [-0.2, 0) is 0 Å². The van der Waals surface area contributed by atoms with Crippen LogP contribution in [0.1, 0.15) is 17.8 Å². The van der Waals surface area contributed by atoms with Gasteiger partial charge in [0.25, 0.3) is 0 Å². The summed E-state index contributed by atoms with van der Waals surface area (Å²) in [6.07, 6.45) is 1.64. The zero-order valence-corrected chi connectivity index (χ0v) is 11.0. The van der Waals surface area contributed by atoms with E-state index in [0.29, 0.717) is 5.82 Å². The molecule has 0 saturated heterocycles. The second-order valence-corrected chi connectivity index (χ2v) is 5.14. The minimum atomic E-state index is 0.200. The van der Waals surface area contributed by atoms with Crippen molar-refractivity contribution in [3.05, 3.63) is 33.1 Å². The fourth-order valence-electron chi connectivity index (χ4n) is 1.30. The van der Waals surface area contributed by atoms with Crippen molar-refractivity contribution in [3.63, 3.8) is 0 Å². The van der Waals surface area contributed by atoms with Gasteiger partial charge in [0.1, 0.15) is 5.82 Å². The number of thiophene rings is 1. The van der Waals surface area contributed by atoms with E-state index in [4.69, 9.17) is 5.73 Å². The highest BCUT2D eigenvalue weighted by Crippen LogP contribution is 2.26. The first kappa shape index (κ1) is 11.3. The molecule has 0 bridgehead atoms. The molecule has 3 N–H and O–H groups in total. The summed E-state index contributed by atoms with van der Waals surface area (Å²) < 4.78 is 0.810. The Morgan fingerprint density at radius 3 is 3.06 bits per heavy atom. The maximum atomic E-state index is 5.54. The molecule has 0 spiro atoms. The van der Waals surface area contributed by atoms with Crippen LogP contribution in [-0.4, -0.2) is 9.97 Å². The monoisotopic (exact) mass is 298 g/mol. The van der Waals surface area contributed by atoms with Gasteiger partial charge in [-0.25, -0.2) is 4.98 Å². The molecule has 0 aliphatic heterocycles. The molecule has 1 unspecified atom stereocenters. The van der Waals surface area contributed by atoms with Gasteiger partial charge in [0.2, 0.25) is 5.95 Å². The Balaban J connectivity index is 2.17. The number of nitrogens with one attached hydrogen (secondary N) is 1. The normalized spacial score (nSPS) is 12.4. The number of hydrogen-bond acceptors (Lipinski definition) is 5. The molecule has 6 heteroatoms. The molecule has 0 aliphatic carbocycles. The van der Waals surface area contributed by atoms with E-state index < -0.39 is 0 Å². The smallest absolute Gasteiger partial charge is 0.221 e. The summed E-state index contributed by atoms with van der Waals surface area (Å²) in [5, 5.41) is 5.34. The lowest BCUT2D eigenvalue weighted by Gasteiger charge is -2.13. The number of aromatic nitrogens is 2. The number of hydrogen-bond donors (Lipinski definition) is 2. The lowest BCUT2D eigenvalue weighted by atomic mass is 10.3. The number of nitrogens with zero attached hydrogens (tertiary/aromatic N) is 2. The van der Waals surface area contributed by atoms with Gasteiger partial charge in [-0.05, 0) is 34.3 Å². The highest BCUT2D eigenvalue weighted by molar-refractivity contribution is 9.10. The maximum Gasteiger partial charge on any atom is 0.221 e. The minimum Gasteiger partial charge on any atom is -0.368 e. The van der Waals surface area contributed by atoms with E-state index in [1.54, 1.807) is 17.5 Å². The van der Waals surface area contributed by atoms with Crippen molar-refractivity contribution in [2.24, 2.45) is 0 Å². The average Bonchev–Trinajstić information content (AvgIpc) is 2.76. The Morgan fingerprint density at radius 1 is 1.56 bits per heavy atom. The maximum absolute atomic E-state index is 5.54. The van der Waals surface area contributed by atoms with Gasteiger partial charge in [0, 0.05) is 11.1 Å². The van der Waals surface area contributed by atoms with Gasteiger partial charge in [-0.2, -0.15) is 4.98 Å². The third-order valence-corrected chi connectivity index (χ3v) is 3.72. The lowest BCUT2D eigenvalue weighted by molar-refractivity contribution is 0.892. The van der Waals surface area contributed by atoms with Crippen LogP contribution < -0.4 is 11.1 Å². The molecule has 1 atom stereocenters. The van der Waals surface area contributed by atoms with Gasteiger partial charge in [-0.1, -0.05) is 6.07 Å². The van der Waals surface area contributed by atoms with E-state index in [9.17, 15) is 0 Å². The Bertz CT molecular complexity index is 472. The molecule has 2 heterocycles. The van der Waals surface area contributed by atoms with E-state index in [0.717, 1.165) is 4.47 Å². The Hall–Kier alpha value is -1.14. The fraction of sp³-hybridized carbons (Fsp3) is 0.200. The third kappa shape index (κ3) is 2.51. The summed E-state index contributed by atoms with van der Waals surface area (Å²) in [5.74, 6) is 0.984. The highest BCUT2D eigenvalue weighted by atomic mass is 79.9. The molecule has 2 aromatic rings. The molecule has 4 nitrogen and oxygen atoms in total. The van der Waals surface area contributed by atoms with Crippen molar-refractivity contribution < 1.29 is 0 Å². The van der Waals surface area contributed by atoms with Crippen molar-refractivity contribution in [1.82, 2.24) is 9.97 Å². The number of anilines is 2. The standard InChI is InChI=1S/C10H11BrN4S/c1-6(8-3-2-4-16-8)14-9-7(11)5-13-10(12)15-9/h2-6H,1H3,(H3,12,13,14,15). The molecule has 0 aliphatic rings. The molecular weight excluding hydrogens is 288 g/mol. The molecule has 0 radical (unpaired) electrons. The first-order valence-corrected chi connectivity index (χ1v) is 6.42. The van der Waals surface area contributed by atoms with Gasteiger partial charge in [0.05, 0.1) is 10.5 Å². The second-order valence-electron chi connectivity index (χ2n) is 3.31. The second kappa shape index (κ2) is 4.80. The molecule has 0 amide bonds. The summed E-state index contributed by atoms with van der Waals surface area (Å²) in [7, 11) is 0. The van der Waals surface area contributed by atoms with Gasteiger partial charge in [-0.3, -0.25) is 0 Å². The summed E-state index contributed by atoms with van der Waals surface area (Å²) in [6.45, 7) is 2.08. The SMILES string of the molecule is CC(Nc1nc(N)ncc1Br)c1cccs1. The van der Waals surface area contributed by atoms with Crippen LogP contribution in [0.25, 0.3) is 0 Å². The molecule has 2 rings (SSSR count). The quantitative estimate of drug-likeness (QED) is 0.914. The van der Waals surface area contributed by atoms with Crippen LogP contribution in [0.4, 0.5) is 11.8 Å². The molecule has 2 aromatic heterocycles. The Kier molecular flexibility index (Phi) is 3.40. The van der Waals surface area contributed by atoms with Gasteiger partial charge < -0.3 is 11.1 Å². The molecule has 0 saturated carbocycles. The van der Waals surface area contributed by atoms with Crippen molar-refractivity contribution in [3.8, 4) is 0 Å². The minimum absolute atomic E-state index is 0.200. The predicted molar refractivity (Wildman–Crippen MR) is 70.5 cm³/mol. The number of halogens is 1. The van der Waals surface area contributed by atoms with E-state index in [1.165, 1.54) is 4.88 Å². The summed E-state index contributed by atoms with van der Waals surface area (Å²) in [4.78, 5) is 9.28. The summed E-state index contributed by atoms with van der Waals surface area (Å²) in [6, 6.07) is 4.31. The third-order valence-electron chi connectivity index (χ3n) is 2.09. The van der Waals surface area contributed by atoms with Crippen molar-refractivity contribution in [2.45, 2.75) is 13.0 Å². The van der Waals surface area contributed by atoms with E-state index in [-0.39, 0.29) is 12.0 Å². The molecule has 0 aromatic carbocycles. The zero-order chi connectivity index (χ0) is 11.5. The van der Waals surface area contributed by atoms with E-state index in [1.807, 2.05) is 6.07 Å². The van der Waals surface area contributed by atoms with Gasteiger partial charge >= 0.3 is 0 Å². The predicted octanol–water partition coefficient (Wildman–Crippen LogP) is 3.06. The topological polar surface area (TPSA) is 63.8 Å². The number of nitrogens with two attached hydrogens (primary N) is 1. The van der Waals surface area contributed by atoms with Crippen LogP contribution in [0.2, 0.25) is 0 Å². The van der Waals surface area contributed by atoms with Crippen molar-refractivity contribution in [2.75, 3.05) is 11.1 Å². The van der Waals surface area contributed by atoms with Crippen LogP contribution in [0.5, 0.6) is 0 Å². The van der Waals surface area contributed by atoms with Crippen molar-refractivity contribution in [1.29, 1.82) is 0 Å². The summed E-state index contributed by atoms with van der Waals surface area (Å²) in [5.41, 5.74) is 5.54. The van der Waals surface area contributed by atoms with Gasteiger partial charge in [-0.15, -0.1) is 11.3 Å². The van der Waals surface area contributed by atoms with Gasteiger partial charge in [0.15, 0.2) is 0 Å². The first-order valence-electron chi connectivity index (χ1n) is 4.75. The first-order chi connectivity index (χ1) is 7.66. The van der Waals surface area contributed by atoms with Crippen LogP contribution in [0.3, 0.4) is 0 Å². The van der Waals surface area contributed by atoms with Crippen molar-refractivity contribution >= 4 is 39.0 Å².